The zero-order chi connectivity index (χ0) is 32.8. The van der Waals surface area contributed by atoms with Gasteiger partial charge in [0.2, 0.25) is 5.91 Å². The number of hydrogen-bond acceptors (Lipinski definition) is 10. The highest BCUT2D eigenvalue weighted by Gasteiger charge is 2.40. The molecule has 2 saturated heterocycles. The number of H-pyrrole nitrogens is 1. The Kier molecular flexibility index (Phi) is 10.3. The third-order valence-electron chi connectivity index (χ3n) is 8.24. The minimum atomic E-state index is -0.980. The number of aliphatic hydroxyl groups excluding tert-OH is 1. The van der Waals surface area contributed by atoms with E-state index >= 15 is 0 Å². The summed E-state index contributed by atoms with van der Waals surface area (Å²) in [6.45, 7) is 2.17. The molecule has 3 heterocycles. The van der Waals surface area contributed by atoms with E-state index < -0.39 is 24.3 Å². The number of aliphatic hydroxyl groups is 1. The van der Waals surface area contributed by atoms with Crippen molar-refractivity contribution in [1.82, 2.24) is 25.4 Å². The predicted molar refractivity (Wildman–Crippen MR) is 170 cm³/mol. The molecule has 13 heteroatoms. The second kappa shape index (κ2) is 14.9. The van der Waals surface area contributed by atoms with Gasteiger partial charge in [-0.2, -0.15) is 5.10 Å². The van der Waals surface area contributed by atoms with Crippen molar-refractivity contribution in [3.8, 4) is 0 Å². The summed E-state index contributed by atoms with van der Waals surface area (Å²) >= 11 is 1.52. The van der Waals surface area contributed by atoms with Crippen LogP contribution in [0, 0.1) is 5.92 Å². The monoisotopic (exact) mass is 657 g/mol. The highest BCUT2D eigenvalue weighted by atomic mass is 32.2. The molecule has 1 unspecified atom stereocenters. The van der Waals surface area contributed by atoms with E-state index in [0.717, 1.165) is 32.7 Å². The van der Waals surface area contributed by atoms with Gasteiger partial charge in [-0.3, -0.25) is 19.6 Å². The molecule has 0 bridgehead atoms. The molecule has 0 aliphatic carbocycles. The number of carbonyl (C=O) groups excluding carboxylic acids is 3. The number of ether oxygens (including phenoxy) is 3. The lowest BCUT2D eigenvalue weighted by atomic mass is 9.91. The summed E-state index contributed by atoms with van der Waals surface area (Å²) in [6.07, 6.45) is -0.553. The molecule has 0 radical (unpaired) electrons. The Morgan fingerprint density at radius 2 is 1.72 bits per heavy atom. The molecule has 2 aliphatic heterocycles. The van der Waals surface area contributed by atoms with Gasteiger partial charge in [0, 0.05) is 17.2 Å². The normalized spacial score (nSPS) is 22.8. The molecule has 3 amide bonds. The van der Waals surface area contributed by atoms with Gasteiger partial charge in [0.1, 0.15) is 19.0 Å². The topological polar surface area (TPSA) is 156 Å². The van der Waals surface area contributed by atoms with Crippen LogP contribution in [0.3, 0.4) is 0 Å². The molecule has 244 valence electrons. The van der Waals surface area contributed by atoms with Crippen LogP contribution in [0.25, 0.3) is 0 Å². The molecule has 5 atom stereocenters. The van der Waals surface area contributed by atoms with Crippen LogP contribution < -0.4 is 5.32 Å². The van der Waals surface area contributed by atoms with E-state index in [2.05, 4.69) is 27.4 Å². The summed E-state index contributed by atoms with van der Waals surface area (Å²) in [5.74, 6) is -0.230. The molecule has 6 rings (SSSR count). The van der Waals surface area contributed by atoms with Gasteiger partial charge < -0.3 is 24.6 Å². The lowest BCUT2D eigenvalue weighted by molar-refractivity contribution is -0.268. The summed E-state index contributed by atoms with van der Waals surface area (Å²) in [5, 5.41) is 19.5. The molecule has 2 aliphatic rings. The Labute approximate surface area is 275 Å². The minimum absolute atomic E-state index is 0.00490. The van der Waals surface area contributed by atoms with Crippen LogP contribution in [0.4, 0.5) is 4.79 Å². The fraction of sp³-hybridized carbons (Fsp3) is 0.324. The fourth-order valence-corrected chi connectivity index (χ4v) is 6.51. The van der Waals surface area contributed by atoms with E-state index in [1.807, 2.05) is 78.9 Å². The van der Waals surface area contributed by atoms with E-state index in [1.54, 1.807) is 0 Å². The number of thioether (sulfide) groups is 1. The summed E-state index contributed by atoms with van der Waals surface area (Å²) in [6, 6.07) is 23.3. The van der Waals surface area contributed by atoms with Crippen LogP contribution in [0.15, 0.2) is 90.3 Å². The summed E-state index contributed by atoms with van der Waals surface area (Å²) in [7, 11) is 0. The molecule has 4 aromatic rings. The number of aromatic nitrogens is 3. The van der Waals surface area contributed by atoms with E-state index in [1.165, 1.54) is 18.1 Å². The third-order valence-corrected chi connectivity index (χ3v) is 9.21. The first-order valence-electron chi connectivity index (χ1n) is 15.3. The summed E-state index contributed by atoms with van der Waals surface area (Å²) < 4.78 is 18.2. The van der Waals surface area contributed by atoms with Crippen molar-refractivity contribution >= 4 is 29.7 Å². The molecule has 1 aromatic heterocycles. The van der Waals surface area contributed by atoms with Gasteiger partial charge in [0.25, 0.3) is 5.91 Å². The number of amides is 3. The fourth-order valence-electron chi connectivity index (χ4n) is 5.57. The van der Waals surface area contributed by atoms with Gasteiger partial charge in [-0.05, 0) is 22.3 Å². The van der Waals surface area contributed by atoms with Crippen LogP contribution >= 0.6 is 11.8 Å². The zero-order valence-electron chi connectivity index (χ0n) is 25.7. The number of carbonyl (C=O) groups is 3. The van der Waals surface area contributed by atoms with Crippen molar-refractivity contribution in [2.24, 2.45) is 5.92 Å². The first kappa shape index (κ1) is 32.4. The highest BCUT2D eigenvalue weighted by Crippen LogP contribution is 2.42. The first-order valence-corrected chi connectivity index (χ1v) is 16.3. The number of alkyl carbamates (subject to hydrolysis) is 1. The van der Waals surface area contributed by atoms with Gasteiger partial charge in [-0.25, -0.2) is 9.78 Å². The molecular weight excluding hydrogens is 622 g/mol. The number of nitrogens with one attached hydrogen (secondary N) is 2. The van der Waals surface area contributed by atoms with Crippen molar-refractivity contribution in [3.63, 3.8) is 0 Å². The Hall–Kier alpha value is -4.56. The van der Waals surface area contributed by atoms with Gasteiger partial charge >= 0.3 is 6.09 Å². The van der Waals surface area contributed by atoms with Gasteiger partial charge in [0.05, 0.1) is 31.8 Å². The largest absolute Gasteiger partial charge is 0.445 e. The Bertz CT molecular complexity index is 1650. The van der Waals surface area contributed by atoms with Gasteiger partial charge in [-0.15, -0.1) is 0 Å². The van der Waals surface area contributed by atoms with Crippen molar-refractivity contribution in [2.45, 2.75) is 62.8 Å². The van der Waals surface area contributed by atoms with Crippen molar-refractivity contribution in [3.05, 3.63) is 113 Å². The van der Waals surface area contributed by atoms with E-state index in [-0.39, 0.29) is 50.2 Å². The van der Waals surface area contributed by atoms with Crippen LogP contribution in [0.5, 0.6) is 0 Å². The maximum atomic E-state index is 13.0. The van der Waals surface area contributed by atoms with E-state index in [0.29, 0.717) is 10.9 Å². The molecule has 0 spiro atoms. The summed E-state index contributed by atoms with van der Waals surface area (Å²) in [4.78, 5) is 43.4. The highest BCUT2D eigenvalue weighted by molar-refractivity contribution is 7.99. The lowest BCUT2D eigenvalue weighted by Gasteiger charge is -2.41. The van der Waals surface area contributed by atoms with Gasteiger partial charge in [0.15, 0.2) is 11.4 Å². The zero-order valence-corrected chi connectivity index (χ0v) is 26.5. The quantitative estimate of drug-likeness (QED) is 0.156. The van der Waals surface area contributed by atoms with Crippen LogP contribution in [-0.2, 0) is 43.6 Å². The predicted octanol–water partition coefficient (Wildman–Crippen LogP) is 4.43. The maximum absolute atomic E-state index is 13.0. The summed E-state index contributed by atoms with van der Waals surface area (Å²) in [5.41, 5.74) is 4.13. The smallest absolute Gasteiger partial charge is 0.408 e. The number of imide groups is 1. The third kappa shape index (κ3) is 7.88. The van der Waals surface area contributed by atoms with E-state index in [4.69, 9.17) is 14.2 Å². The lowest BCUT2D eigenvalue weighted by Crippen LogP contribution is -2.41. The van der Waals surface area contributed by atoms with Crippen LogP contribution in [0.1, 0.15) is 53.6 Å². The number of nitrogens with zero attached hydrogens (tertiary/aromatic N) is 3. The molecule has 2 fully saturated rings. The van der Waals surface area contributed by atoms with Crippen LogP contribution in [-0.4, -0.2) is 61.0 Å². The number of aromatic amines is 1. The SMILES string of the molecule is C[C@@H]1[C@H](CSc2ncn[nH]2)O[C@H](c2ccc(CN3C(=O)CC(NC(=O)OCc4ccccc4)C3=O)cc2)O[C@@H]1c1ccc(CO)cc1. The standard InChI is InChI=1S/C34H35N5O7S/c1-21-28(19-47-33-35-20-36-38-33)45-32(46-30(21)25-11-9-23(17-40)10-12-25)26-13-7-22(8-14-26)16-39-29(41)15-27(31(39)42)37-34(43)44-18-24-5-3-2-4-6-24/h2-14,20-21,27-28,30,32,40H,15-19H2,1H3,(H,37,43)(H,35,36,38)/t21-,27?,28+,30+,32+/m1/s1. The first-order chi connectivity index (χ1) is 22.9. The number of likely N-dealkylation sites (tertiary alicyclic amines) is 1. The molecule has 12 nitrogen and oxygen atoms in total. The van der Waals surface area contributed by atoms with E-state index in [9.17, 15) is 19.5 Å². The van der Waals surface area contributed by atoms with Crippen molar-refractivity contribution in [2.75, 3.05) is 5.75 Å². The average molecular weight is 658 g/mol. The number of hydrogen-bond donors (Lipinski definition) is 3. The second-order valence-electron chi connectivity index (χ2n) is 11.4. The maximum Gasteiger partial charge on any atom is 0.408 e. The number of rotatable bonds is 11. The molecule has 0 saturated carbocycles. The van der Waals surface area contributed by atoms with Crippen LogP contribution in [0.2, 0.25) is 0 Å². The molecule has 47 heavy (non-hydrogen) atoms. The second-order valence-corrected chi connectivity index (χ2v) is 12.5. The average Bonchev–Trinajstić information content (AvgIpc) is 3.72. The Morgan fingerprint density at radius 1 is 1.00 bits per heavy atom. The Balaban J connectivity index is 1.10. The molecular formula is C34H35N5O7S. The van der Waals surface area contributed by atoms with Crippen molar-refractivity contribution < 1.29 is 33.7 Å². The number of benzene rings is 3. The van der Waals surface area contributed by atoms with Gasteiger partial charge in [-0.1, -0.05) is 97.5 Å². The molecule has 3 aromatic carbocycles. The van der Waals surface area contributed by atoms with Crippen molar-refractivity contribution in [1.29, 1.82) is 0 Å². The minimum Gasteiger partial charge on any atom is -0.445 e. The molecule has 3 N–H and O–H groups in total. The Morgan fingerprint density at radius 3 is 2.43 bits per heavy atom.